The number of ether oxygens (including phenoxy) is 1. The van der Waals surface area contributed by atoms with Crippen molar-refractivity contribution < 1.29 is 33.4 Å². The van der Waals surface area contributed by atoms with Crippen LogP contribution >= 0.6 is 15.2 Å². The maximum absolute atomic E-state index is 12.4. The van der Waals surface area contributed by atoms with Gasteiger partial charge in [0.2, 0.25) is 0 Å². The lowest BCUT2D eigenvalue weighted by Gasteiger charge is -2.35. The molecule has 0 saturated carbocycles. The molecule has 0 heterocycles. The Morgan fingerprint density at radius 3 is 1.97 bits per heavy atom. The first-order valence-corrected chi connectivity index (χ1v) is 14.1. The predicted octanol–water partition coefficient (Wildman–Crippen LogP) is 5.69. The molecule has 7 nitrogen and oxygen atoms in total. The Morgan fingerprint density at radius 2 is 1.45 bits per heavy atom. The molecule has 0 aliphatic carbocycles. The molecule has 0 fully saturated rings. The van der Waals surface area contributed by atoms with E-state index in [9.17, 15) is 28.7 Å². The van der Waals surface area contributed by atoms with E-state index in [1.807, 2.05) is 51.1 Å². The Hall–Kier alpha value is -1.56. The summed E-state index contributed by atoms with van der Waals surface area (Å²) >= 11 is 0. The zero-order valence-electron chi connectivity index (χ0n) is 19.3. The Balaban J connectivity index is 2.21. The van der Waals surface area contributed by atoms with Gasteiger partial charge >= 0.3 is 15.2 Å². The molecule has 2 aromatic carbocycles. The van der Waals surface area contributed by atoms with Crippen LogP contribution in [0.4, 0.5) is 0 Å². The molecule has 0 amide bonds. The van der Waals surface area contributed by atoms with Crippen molar-refractivity contribution in [2.45, 2.75) is 51.5 Å². The summed E-state index contributed by atoms with van der Waals surface area (Å²) in [5.41, 5.74) is 3.40. The average molecular weight is 496 g/mol. The first-order valence-electron chi connectivity index (χ1n) is 10.9. The highest BCUT2D eigenvalue weighted by Crippen LogP contribution is 2.70. The highest BCUT2D eigenvalue weighted by atomic mass is 31.2. The van der Waals surface area contributed by atoms with Gasteiger partial charge in [-0.15, -0.1) is 0 Å². The molecule has 0 bridgehead atoms. The summed E-state index contributed by atoms with van der Waals surface area (Å²) in [6.45, 7) is 5.82. The molecule has 2 aromatic rings. The summed E-state index contributed by atoms with van der Waals surface area (Å²) in [6, 6.07) is 16.2. The van der Waals surface area contributed by atoms with Crippen molar-refractivity contribution in [3.63, 3.8) is 0 Å². The van der Waals surface area contributed by atoms with Crippen molar-refractivity contribution in [1.82, 2.24) is 0 Å². The molecule has 0 aliphatic rings. The van der Waals surface area contributed by atoms with Gasteiger partial charge in [0.05, 0.1) is 0 Å². The standard InChI is InChI=1S/C24H34O7P2/c1-19(2)8-7-9-20(3)16-17-31-24(32(25,26)27,33(28,29)30)18-21-12-14-23(15-13-21)22-10-5-4-6-11-22/h4-6,8,10-15,20H,7,9,16-18H2,1-3H3,(H2,25,26,27)(H2,28,29,30)/t20-/m0/s1. The van der Waals surface area contributed by atoms with Gasteiger partial charge in [0.15, 0.2) is 0 Å². The minimum atomic E-state index is -5.35. The van der Waals surface area contributed by atoms with Crippen LogP contribution in [-0.2, 0) is 20.3 Å². The smallest absolute Gasteiger partial charge is 0.352 e. The molecule has 0 aliphatic heterocycles. The molecule has 182 valence electrons. The molecular formula is C24H34O7P2. The Morgan fingerprint density at radius 1 is 0.909 bits per heavy atom. The maximum atomic E-state index is 12.4. The van der Waals surface area contributed by atoms with Crippen molar-refractivity contribution in [2.75, 3.05) is 6.61 Å². The number of allylic oxidation sites excluding steroid dienone is 2. The normalized spacial score (nSPS) is 13.5. The van der Waals surface area contributed by atoms with E-state index in [-0.39, 0.29) is 12.5 Å². The fourth-order valence-corrected chi connectivity index (χ4v) is 6.18. The SMILES string of the molecule is CC(C)=CCC[C@H](C)CCOC(Cc1ccc(-c2ccccc2)cc1)(P(=O)(O)O)P(=O)(O)O. The van der Waals surface area contributed by atoms with Gasteiger partial charge in [0.25, 0.3) is 5.08 Å². The van der Waals surface area contributed by atoms with E-state index >= 15 is 0 Å². The van der Waals surface area contributed by atoms with Gasteiger partial charge in [-0.25, -0.2) is 0 Å². The van der Waals surface area contributed by atoms with Gasteiger partial charge in [-0.05, 0) is 55.7 Å². The summed E-state index contributed by atoms with van der Waals surface area (Å²) in [5.74, 6) is 0.164. The van der Waals surface area contributed by atoms with E-state index in [2.05, 4.69) is 6.08 Å². The summed E-state index contributed by atoms with van der Waals surface area (Å²) in [6.07, 6.45) is 3.62. The molecule has 1 atom stereocenters. The molecule has 0 aromatic heterocycles. The second-order valence-electron chi connectivity index (χ2n) is 8.67. The fourth-order valence-electron chi connectivity index (χ4n) is 3.53. The van der Waals surface area contributed by atoms with Crippen LogP contribution in [0.15, 0.2) is 66.2 Å². The number of rotatable bonds is 12. The van der Waals surface area contributed by atoms with Crippen molar-refractivity contribution in [3.05, 3.63) is 71.8 Å². The van der Waals surface area contributed by atoms with Crippen LogP contribution in [0.25, 0.3) is 11.1 Å². The van der Waals surface area contributed by atoms with Gasteiger partial charge in [0, 0.05) is 13.0 Å². The molecule has 0 spiro atoms. The van der Waals surface area contributed by atoms with Gasteiger partial charge in [-0.3, -0.25) is 9.13 Å². The van der Waals surface area contributed by atoms with E-state index in [4.69, 9.17) is 4.74 Å². The summed E-state index contributed by atoms with van der Waals surface area (Å²) in [4.78, 5) is 40.0. The molecule has 0 unspecified atom stereocenters. The van der Waals surface area contributed by atoms with Crippen LogP contribution in [0.3, 0.4) is 0 Å². The van der Waals surface area contributed by atoms with Crippen molar-refractivity contribution in [1.29, 1.82) is 0 Å². The minimum Gasteiger partial charge on any atom is -0.352 e. The zero-order chi connectivity index (χ0) is 24.7. The third-order valence-electron chi connectivity index (χ3n) is 5.56. The molecule has 4 N–H and O–H groups in total. The second-order valence-corrected chi connectivity index (χ2v) is 12.6. The first kappa shape index (κ1) is 27.7. The van der Waals surface area contributed by atoms with Crippen molar-refractivity contribution >= 4 is 15.2 Å². The van der Waals surface area contributed by atoms with Gasteiger partial charge in [-0.2, -0.15) is 0 Å². The topological polar surface area (TPSA) is 124 Å². The second kappa shape index (κ2) is 11.7. The largest absolute Gasteiger partial charge is 0.370 e. The molecule has 33 heavy (non-hydrogen) atoms. The molecule has 0 radical (unpaired) electrons. The maximum Gasteiger partial charge on any atom is 0.370 e. The molecule has 9 heteroatoms. The van der Waals surface area contributed by atoms with E-state index in [1.54, 1.807) is 24.3 Å². The van der Waals surface area contributed by atoms with E-state index in [0.29, 0.717) is 12.0 Å². The van der Waals surface area contributed by atoms with E-state index in [0.717, 1.165) is 24.0 Å². The number of benzene rings is 2. The predicted molar refractivity (Wildman–Crippen MR) is 131 cm³/mol. The number of hydrogen-bond donors (Lipinski definition) is 4. The van der Waals surface area contributed by atoms with E-state index < -0.39 is 26.7 Å². The van der Waals surface area contributed by atoms with Crippen molar-refractivity contribution in [2.24, 2.45) is 5.92 Å². The zero-order valence-corrected chi connectivity index (χ0v) is 21.1. The van der Waals surface area contributed by atoms with Crippen LogP contribution in [0, 0.1) is 5.92 Å². The summed E-state index contributed by atoms with van der Waals surface area (Å²) in [7, 11) is -10.7. The monoisotopic (exact) mass is 496 g/mol. The van der Waals surface area contributed by atoms with Crippen LogP contribution in [0.2, 0.25) is 0 Å². The lowest BCUT2D eigenvalue weighted by molar-refractivity contribution is 0.0299. The van der Waals surface area contributed by atoms with Gasteiger partial charge in [0.1, 0.15) is 0 Å². The highest BCUT2D eigenvalue weighted by Gasteiger charge is 2.61. The van der Waals surface area contributed by atoms with Crippen LogP contribution in [0.1, 0.15) is 45.6 Å². The molecule has 2 rings (SSSR count). The summed E-state index contributed by atoms with van der Waals surface area (Å²) < 4.78 is 30.2. The van der Waals surface area contributed by atoms with Crippen LogP contribution in [-0.4, -0.2) is 31.3 Å². The van der Waals surface area contributed by atoms with E-state index in [1.165, 1.54) is 5.57 Å². The molecule has 0 saturated heterocycles. The van der Waals surface area contributed by atoms with Crippen molar-refractivity contribution in [3.8, 4) is 11.1 Å². The third kappa shape index (κ3) is 7.73. The highest BCUT2D eigenvalue weighted by molar-refractivity contribution is 7.72. The quantitative estimate of drug-likeness (QED) is 0.220. The Kier molecular flexibility index (Phi) is 9.83. The van der Waals surface area contributed by atoms with Gasteiger partial charge in [-0.1, -0.05) is 73.2 Å². The third-order valence-corrected chi connectivity index (χ3v) is 9.52. The lowest BCUT2D eigenvalue weighted by Crippen LogP contribution is -2.36. The van der Waals surface area contributed by atoms with Crippen LogP contribution < -0.4 is 0 Å². The summed E-state index contributed by atoms with van der Waals surface area (Å²) in [5, 5.41) is -2.92. The fraction of sp³-hybridized carbons (Fsp3) is 0.417. The molecular weight excluding hydrogens is 462 g/mol. The Bertz CT molecular complexity index is 981. The lowest BCUT2D eigenvalue weighted by atomic mass is 10.0. The first-order chi connectivity index (χ1) is 15.4. The van der Waals surface area contributed by atoms with Crippen LogP contribution in [0.5, 0.6) is 0 Å². The van der Waals surface area contributed by atoms with Gasteiger partial charge < -0.3 is 24.3 Å². The minimum absolute atomic E-state index is 0.164. The number of hydrogen-bond acceptors (Lipinski definition) is 3. The Labute approximate surface area is 195 Å². The average Bonchev–Trinajstić information content (AvgIpc) is 2.72.